The van der Waals surface area contributed by atoms with E-state index in [1.54, 1.807) is 6.07 Å². The number of nitrogens with one attached hydrogen (secondary N) is 1. The van der Waals surface area contributed by atoms with E-state index in [0.717, 1.165) is 19.3 Å². The van der Waals surface area contributed by atoms with Crippen molar-refractivity contribution in [1.29, 1.82) is 0 Å². The van der Waals surface area contributed by atoms with Gasteiger partial charge in [0.2, 0.25) is 0 Å². The van der Waals surface area contributed by atoms with Crippen LogP contribution in [0.2, 0.25) is 0 Å². The third kappa shape index (κ3) is 4.69. The highest BCUT2D eigenvalue weighted by Gasteiger charge is 2.21. The van der Waals surface area contributed by atoms with Gasteiger partial charge in [0.05, 0.1) is 17.5 Å². The fraction of sp³-hybridized carbons (Fsp3) is 0.400. The number of ether oxygens (including phenoxy) is 1. The Hall–Kier alpha value is -2.14. The second-order valence-corrected chi connectivity index (χ2v) is 7.63. The molecule has 2 aromatic rings. The smallest absolute Gasteiger partial charge is 0.292 e. The van der Waals surface area contributed by atoms with Crippen molar-refractivity contribution in [3.8, 4) is 0 Å². The minimum atomic E-state index is -0.165. The number of rotatable bonds is 4. The fourth-order valence-corrected chi connectivity index (χ4v) is 3.54. The number of amides is 1. The van der Waals surface area contributed by atoms with Crippen molar-refractivity contribution < 1.29 is 9.53 Å². The topological polar surface area (TPSA) is 50.7 Å². The Balaban J connectivity index is 1.81. The van der Waals surface area contributed by atoms with E-state index < -0.39 is 0 Å². The average Bonchev–Trinajstić information content (AvgIpc) is 3.14. The second-order valence-electron chi connectivity index (χ2n) is 6.68. The Kier molecular flexibility index (Phi) is 5.87. The molecule has 0 saturated heterocycles. The monoisotopic (exact) mass is 356 g/mol. The van der Waals surface area contributed by atoms with Crippen LogP contribution >= 0.6 is 11.3 Å². The van der Waals surface area contributed by atoms with Crippen molar-refractivity contribution in [3.05, 3.63) is 57.8 Å². The number of thiophene rings is 1. The Bertz CT molecular complexity index is 738. The summed E-state index contributed by atoms with van der Waals surface area (Å²) in [4.78, 5) is 17.8. The lowest BCUT2D eigenvalue weighted by Crippen LogP contribution is -2.33. The van der Waals surface area contributed by atoms with Gasteiger partial charge in [0, 0.05) is 0 Å². The zero-order chi connectivity index (χ0) is 17.6. The summed E-state index contributed by atoms with van der Waals surface area (Å²) >= 11 is 1.41. The molecule has 1 amide bonds. The van der Waals surface area contributed by atoms with E-state index in [1.165, 1.54) is 22.5 Å². The SMILES string of the molecule is CC(C)COC(=NC1CCCc2ccccc21)NC(=O)c1cccs1. The van der Waals surface area contributed by atoms with Gasteiger partial charge in [-0.1, -0.05) is 44.2 Å². The van der Waals surface area contributed by atoms with E-state index in [0.29, 0.717) is 23.4 Å². The predicted octanol–water partition coefficient (Wildman–Crippen LogP) is 4.58. The van der Waals surface area contributed by atoms with Gasteiger partial charge in [-0.25, -0.2) is 4.99 Å². The number of carbonyl (C=O) groups is 1. The standard InChI is InChI=1S/C20H24N2O2S/c1-14(2)13-24-20(22-19(23)18-11-6-12-25-18)21-17-10-5-8-15-7-3-4-9-16(15)17/h3-4,6-7,9,11-12,14,17H,5,8,10,13H2,1-2H3,(H,21,22,23). The van der Waals surface area contributed by atoms with Crippen molar-refractivity contribution in [2.45, 2.75) is 39.2 Å². The summed E-state index contributed by atoms with van der Waals surface area (Å²) in [5, 5.41) is 4.74. The molecule has 4 nitrogen and oxygen atoms in total. The van der Waals surface area contributed by atoms with Crippen LogP contribution in [0.4, 0.5) is 0 Å². The van der Waals surface area contributed by atoms with Gasteiger partial charge in [-0.2, -0.15) is 0 Å². The molecule has 0 fully saturated rings. The van der Waals surface area contributed by atoms with Crippen LogP contribution in [0.25, 0.3) is 0 Å². The molecule has 0 aliphatic heterocycles. The third-order valence-corrected chi connectivity index (χ3v) is 5.00. The predicted molar refractivity (Wildman–Crippen MR) is 102 cm³/mol. The molecule has 132 valence electrons. The van der Waals surface area contributed by atoms with Gasteiger partial charge in [0.1, 0.15) is 0 Å². The number of aliphatic imine (C=N–C) groups is 1. The Labute approximate surface area is 152 Å². The van der Waals surface area contributed by atoms with E-state index in [4.69, 9.17) is 9.73 Å². The maximum Gasteiger partial charge on any atom is 0.292 e. The number of carbonyl (C=O) groups excluding carboxylic acids is 1. The first-order valence-electron chi connectivity index (χ1n) is 8.76. The normalized spacial score (nSPS) is 17.2. The first kappa shape index (κ1) is 17.7. The van der Waals surface area contributed by atoms with Crippen LogP contribution in [-0.2, 0) is 11.2 Å². The summed E-state index contributed by atoms with van der Waals surface area (Å²) in [5.74, 6) is 0.198. The molecule has 0 radical (unpaired) electrons. The highest BCUT2D eigenvalue weighted by molar-refractivity contribution is 7.12. The van der Waals surface area contributed by atoms with Gasteiger partial charge < -0.3 is 4.74 Å². The largest absolute Gasteiger partial charge is 0.465 e. The van der Waals surface area contributed by atoms with Crippen molar-refractivity contribution in [3.63, 3.8) is 0 Å². The molecule has 5 heteroatoms. The number of hydrogen-bond donors (Lipinski definition) is 1. The zero-order valence-corrected chi connectivity index (χ0v) is 15.5. The van der Waals surface area contributed by atoms with Crippen molar-refractivity contribution in [2.24, 2.45) is 10.9 Å². The highest BCUT2D eigenvalue weighted by atomic mass is 32.1. The van der Waals surface area contributed by atoms with Crippen LogP contribution in [-0.4, -0.2) is 18.5 Å². The quantitative estimate of drug-likeness (QED) is 0.644. The number of nitrogens with zero attached hydrogens (tertiary/aromatic N) is 1. The minimum absolute atomic E-state index is 0.0377. The van der Waals surface area contributed by atoms with Gasteiger partial charge in [-0.3, -0.25) is 10.1 Å². The highest BCUT2D eigenvalue weighted by Crippen LogP contribution is 2.32. The lowest BCUT2D eigenvalue weighted by Gasteiger charge is -2.23. The molecule has 0 spiro atoms. The van der Waals surface area contributed by atoms with Crippen molar-refractivity contribution in [2.75, 3.05) is 6.61 Å². The van der Waals surface area contributed by atoms with Gasteiger partial charge in [-0.15, -0.1) is 11.3 Å². The minimum Gasteiger partial charge on any atom is -0.465 e. The molecule has 1 atom stereocenters. The average molecular weight is 356 g/mol. The number of aryl methyl sites for hydroxylation is 1. The molecule has 1 N–H and O–H groups in total. The number of benzene rings is 1. The Morgan fingerprint density at radius 3 is 2.92 bits per heavy atom. The molecule has 1 aromatic heterocycles. The summed E-state index contributed by atoms with van der Waals surface area (Å²) in [6, 6.07) is 12.4. The summed E-state index contributed by atoms with van der Waals surface area (Å²) in [6.07, 6.45) is 3.16. The Morgan fingerprint density at radius 2 is 2.16 bits per heavy atom. The molecule has 1 aliphatic rings. The summed E-state index contributed by atoms with van der Waals surface area (Å²) in [6.45, 7) is 4.68. The van der Waals surface area contributed by atoms with Gasteiger partial charge >= 0.3 is 0 Å². The molecule has 0 bridgehead atoms. The van der Waals surface area contributed by atoms with E-state index >= 15 is 0 Å². The van der Waals surface area contributed by atoms with Crippen LogP contribution in [0, 0.1) is 5.92 Å². The van der Waals surface area contributed by atoms with Crippen LogP contribution in [0.15, 0.2) is 46.8 Å². The lowest BCUT2D eigenvalue weighted by molar-refractivity contribution is 0.0967. The van der Waals surface area contributed by atoms with Crippen LogP contribution in [0.5, 0.6) is 0 Å². The molecule has 0 saturated carbocycles. The zero-order valence-electron chi connectivity index (χ0n) is 14.7. The van der Waals surface area contributed by atoms with Gasteiger partial charge in [-0.05, 0) is 47.8 Å². The molecule has 1 heterocycles. The molecular formula is C20H24N2O2S. The first-order valence-corrected chi connectivity index (χ1v) is 9.64. The van der Waals surface area contributed by atoms with E-state index in [2.05, 4.69) is 37.4 Å². The van der Waals surface area contributed by atoms with E-state index in [-0.39, 0.29) is 11.9 Å². The van der Waals surface area contributed by atoms with Crippen molar-refractivity contribution >= 4 is 23.3 Å². The maximum absolute atomic E-state index is 12.4. The molecule has 3 rings (SSSR count). The molecule has 25 heavy (non-hydrogen) atoms. The number of amidine groups is 1. The van der Waals surface area contributed by atoms with E-state index in [9.17, 15) is 4.79 Å². The van der Waals surface area contributed by atoms with Crippen LogP contribution in [0.3, 0.4) is 0 Å². The van der Waals surface area contributed by atoms with Crippen LogP contribution < -0.4 is 5.32 Å². The lowest BCUT2D eigenvalue weighted by atomic mass is 9.88. The summed E-state index contributed by atoms with van der Waals surface area (Å²) in [7, 11) is 0. The Morgan fingerprint density at radius 1 is 1.32 bits per heavy atom. The second kappa shape index (κ2) is 8.30. The molecule has 1 unspecified atom stereocenters. The van der Waals surface area contributed by atoms with Crippen LogP contribution in [0.1, 0.15) is 53.5 Å². The first-order chi connectivity index (χ1) is 12.1. The van der Waals surface area contributed by atoms with Crippen molar-refractivity contribution in [1.82, 2.24) is 5.32 Å². The fourth-order valence-electron chi connectivity index (χ4n) is 2.92. The van der Waals surface area contributed by atoms with Gasteiger partial charge in [0.25, 0.3) is 11.9 Å². The summed E-state index contributed by atoms with van der Waals surface area (Å²) in [5.41, 5.74) is 2.58. The van der Waals surface area contributed by atoms with E-state index in [1.807, 2.05) is 17.5 Å². The maximum atomic E-state index is 12.4. The van der Waals surface area contributed by atoms with Gasteiger partial charge in [0.15, 0.2) is 0 Å². The summed E-state index contributed by atoms with van der Waals surface area (Å²) < 4.78 is 5.81. The number of fused-ring (bicyclic) bond motifs is 1. The third-order valence-electron chi connectivity index (χ3n) is 4.13. The molecule has 1 aromatic carbocycles. The molecule has 1 aliphatic carbocycles. The number of hydrogen-bond acceptors (Lipinski definition) is 4. The molecular weight excluding hydrogens is 332 g/mol.